The number of ether oxygens (including phenoxy) is 1. The minimum Gasteiger partial charge on any atom is -0.543 e. The van der Waals surface area contributed by atoms with Gasteiger partial charge >= 0.3 is 0 Å². The number of carbonyl (C=O) groups is 1. The van der Waals surface area contributed by atoms with Gasteiger partial charge in [0, 0.05) is 6.07 Å². The summed E-state index contributed by atoms with van der Waals surface area (Å²) in [4.78, 5) is 11.1. The Labute approximate surface area is 110 Å². The number of hydrogen-bond acceptors (Lipinski definition) is 3. The average Bonchev–Trinajstić information content (AvgIpc) is 2.26. The number of benzene rings is 1. The molecule has 0 aliphatic rings. The van der Waals surface area contributed by atoms with Gasteiger partial charge in [-0.25, -0.2) is 0 Å². The van der Waals surface area contributed by atoms with Crippen molar-refractivity contribution in [3.63, 3.8) is 0 Å². The van der Waals surface area contributed by atoms with Crippen molar-refractivity contribution in [3.05, 3.63) is 23.8 Å². The van der Waals surface area contributed by atoms with Gasteiger partial charge in [0.15, 0.2) is 6.29 Å². The van der Waals surface area contributed by atoms with Crippen molar-refractivity contribution in [1.29, 1.82) is 0 Å². The standard InChI is InChI=1S/C14H22O3Si/c1-14(2,3)18(5,6)17-13-9-12(16-4)8-7-11(13)10-15/h7-10H,1-6H3. The molecule has 0 atom stereocenters. The number of hydrogen-bond donors (Lipinski definition) is 0. The van der Waals surface area contributed by atoms with Crippen LogP contribution >= 0.6 is 0 Å². The van der Waals surface area contributed by atoms with Gasteiger partial charge in [0.1, 0.15) is 11.5 Å². The highest BCUT2D eigenvalue weighted by Gasteiger charge is 2.39. The molecule has 0 spiro atoms. The molecule has 0 aliphatic heterocycles. The summed E-state index contributed by atoms with van der Waals surface area (Å²) in [5.74, 6) is 1.32. The minimum atomic E-state index is -1.94. The highest BCUT2D eigenvalue weighted by Crippen LogP contribution is 2.38. The summed E-state index contributed by atoms with van der Waals surface area (Å²) in [6.07, 6.45) is 0.821. The molecule has 0 bridgehead atoms. The summed E-state index contributed by atoms with van der Waals surface area (Å²) in [7, 11) is -0.340. The van der Waals surface area contributed by atoms with E-state index in [1.54, 1.807) is 25.3 Å². The second-order valence-corrected chi connectivity index (χ2v) is 10.6. The summed E-state index contributed by atoms with van der Waals surface area (Å²) in [6, 6.07) is 5.28. The molecule has 0 aromatic heterocycles. The first-order chi connectivity index (χ1) is 8.21. The van der Waals surface area contributed by atoms with Crippen LogP contribution in [0.1, 0.15) is 31.1 Å². The van der Waals surface area contributed by atoms with E-state index in [1.165, 1.54) is 0 Å². The number of carbonyl (C=O) groups excluding carboxylic acids is 1. The first-order valence-corrected chi connectivity index (χ1v) is 8.94. The normalized spacial score (nSPS) is 12.1. The number of methoxy groups -OCH3 is 1. The molecule has 0 radical (unpaired) electrons. The van der Waals surface area contributed by atoms with Gasteiger partial charge in [-0.2, -0.15) is 0 Å². The molecule has 0 heterocycles. The summed E-state index contributed by atoms with van der Waals surface area (Å²) >= 11 is 0. The summed E-state index contributed by atoms with van der Waals surface area (Å²) in [5, 5.41) is 0.0935. The smallest absolute Gasteiger partial charge is 0.250 e. The van der Waals surface area contributed by atoms with Crippen LogP contribution in [0, 0.1) is 0 Å². The van der Waals surface area contributed by atoms with E-state index in [-0.39, 0.29) is 5.04 Å². The van der Waals surface area contributed by atoms with Crippen LogP contribution in [0.2, 0.25) is 18.1 Å². The molecule has 0 N–H and O–H groups in total. The Hall–Kier alpha value is -1.29. The molecule has 0 saturated heterocycles. The zero-order valence-electron chi connectivity index (χ0n) is 12.0. The van der Waals surface area contributed by atoms with Crippen LogP contribution < -0.4 is 9.16 Å². The van der Waals surface area contributed by atoms with E-state index < -0.39 is 8.32 Å². The van der Waals surface area contributed by atoms with Crippen molar-refractivity contribution in [2.75, 3.05) is 7.11 Å². The Morgan fingerprint density at radius 2 is 1.83 bits per heavy atom. The first kappa shape index (κ1) is 14.8. The fourth-order valence-corrected chi connectivity index (χ4v) is 2.29. The molecule has 18 heavy (non-hydrogen) atoms. The lowest BCUT2D eigenvalue weighted by Crippen LogP contribution is -2.44. The van der Waals surface area contributed by atoms with Crippen LogP contribution in [0.3, 0.4) is 0 Å². The van der Waals surface area contributed by atoms with E-state index >= 15 is 0 Å². The van der Waals surface area contributed by atoms with Crippen LogP contribution in [-0.2, 0) is 0 Å². The molecule has 4 heteroatoms. The number of aldehydes is 1. The molecule has 0 aliphatic carbocycles. The molecule has 1 rings (SSSR count). The van der Waals surface area contributed by atoms with E-state index in [0.29, 0.717) is 17.1 Å². The quantitative estimate of drug-likeness (QED) is 0.612. The Morgan fingerprint density at radius 3 is 2.28 bits per heavy atom. The topological polar surface area (TPSA) is 35.5 Å². The fourth-order valence-electron chi connectivity index (χ4n) is 1.26. The van der Waals surface area contributed by atoms with Crippen molar-refractivity contribution in [2.45, 2.75) is 38.9 Å². The second-order valence-electron chi connectivity index (χ2n) is 5.88. The van der Waals surface area contributed by atoms with Crippen LogP contribution in [0.4, 0.5) is 0 Å². The van der Waals surface area contributed by atoms with Crippen molar-refractivity contribution in [2.24, 2.45) is 0 Å². The molecule has 1 aromatic carbocycles. The Kier molecular flexibility index (Phi) is 4.22. The maximum absolute atomic E-state index is 11.1. The predicted octanol–water partition coefficient (Wildman–Crippen LogP) is 3.89. The third-order valence-corrected chi connectivity index (χ3v) is 7.86. The number of rotatable bonds is 4. The van der Waals surface area contributed by atoms with Crippen molar-refractivity contribution in [3.8, 4) is 11.5 Å². The molecule has 0 saturated carbocycles. The van der Waals surface area contributed by atoms with Crippen molar-refractivity contribution in [1.82, 2.24) is 0 Å². The van der Waals surface area contributed by atoms with Gasteiger partial charge < -0.3 is 9.16 Å². The average molecular weight is 266 g/mol. The monoisotopic (exact) mass is 266 g/mol. The van der Waals surface area contributed by atoms with E-state index in [0.717, 1.165) is 6.29 Å². The Morgan fingerprint density at radius 1 is 1.22 bits per heavy atom. The van der Waals surface area contributed by atoms with Gasteiger partial charge in [-0.05, 0) is 30.3 Å². The molecular weight excluding hydrogens is 244 g/mol. The van der Waals surface area contributed by atoms with Gasteiger partial charge in [-0.15, -0.1) is 0 Å². The van der Waals surface area contributed by atoms with Crippen molar-refractivity contribution >= 4 is 14.6 Å². The van der Waals surface area contributed by atoms with Gasteiger partial charge in [-0.1, -0.05) is 20.8 Å². The molecular formula is C14H22O3Si. The third kappa shape index (κ3) is 3.13. The zero-order chi connectivity index (χ0) is 14.0. The van der Waals surface area contributed by atoms with Crippen molar-refractivity contribution < 1.29 is 14.0 Å². The highest BCUT2D eigenvalue weighted by atomic mass is 28.4. The van der Waals surface area contributed by atoms with Gasteiger partial charge in [0.2, 0.25) is 0 Å². The second kappa shape index (κ2) is 5.14. The zero-order valence-corrected chi connectivity index (χ0v) is 13.0. The predicted molar refractivity (Wildman–Crippen MR) is 76.2 cm³/mol. The third-order valence-electron chi connectivity index (χ3n) is 3.52. The van der Waals surface area contributed by atoms with Gasteiger partial charge in [0.05, 0.1) is 12.7 Å². The minimum absolute atomic E-state index is 0.0935. The van der Waals surface area contributed by atoms with Crippen LogP contribution in [-0.4, -0.2) is 21.7 Å². The molecule has 0 unspecified atom stereocenters. The lowest BCUT2D eigenvalue weighted by atomic mass is 10.2. The summed E-state index contributed by atoms with van der Waals surface area (Å²) < 4.78 is 11.3. The van der Waals surface area contributed by atoms with Gasteiger partial charge in [0.25, 0.3) is 8.32 Å². The first-order valence-electron chi connectivity index (χ1n) is 6.03. The summed E-state index contributed by atoms with van der Waals surface area (Å²) in [5.41, 5.74) is 0.570. The van der Waals surface area contributed by atoms with Crippen LogP contribution in [0.5, 0.6) is 11.5 Å². The molecule has 0 fully saturated rings. The van der Waals surface area contributed by atoms with E-state index in [4.69, 9.17) is 9.16 Å². The van der Waals surface area contributed by atoms with Gasteiger partial charge in [-0.3, -0.25) is 4.79 Å². The van der Waals surface area contributed by atoms with E-state index in [1.807, 2.05) is 0 Å². The molecule has 1 aromatic rings. The lowest BCUT2D eigenvalue weighted by Gasteiger charge is -2.36. The Balaban J connectivity index is 3.13. The maximum Gasteiger partial charge on any atom is 0.250 e. The lowest BCUT2D eigenvalue weighted by molar-refractivity contribution is 0.112. The van der Waals surface area contributed by atoms with E-state index in [2.05, 4.69) is 33.9 Å². The molecule has 100 valence electrons. The fraction of sp³-hybridized carbons (Fsp3) is 0.500. The molecule has 0 amide bonds. The Bertz CT molecular complexity index is 433. The van der Waals surface area contributed by atoms with Crippen LogP contribution in [0.15, 0.2) is 18.2 Å². The molecule has 3 nitrogen and oxygen atoms in total. The maximum atomic E-state index is 11.1. The van der Waals surface area contributed by atoms with E-state index in [9.17, 15) is 4.79 Å². The highest BCUT2D eigenvalue weighted by molar-refractivity contribution is 6.74. The summed E-state index contributed by atoms with van der Waals surface area (Å²) in [6.45, 7) is 10.8. The largest absolute Gasteiger partial charge is 0.543 e. The SMILES string of the molecule is COc1ccc(C=O)c(O[Si](C)(C)C(C)(C)C)c1. The van der Waals surface area contributed by atoms with Crippen LogP contribution in [0.25, 0.3) is 0 Å².